The van der Waals surface area contributed by atoms with Crippen molar-refractivity contribution in [2.75, 3.05) is 20.0 Å². The van der Waals surface area contributed by atoms with Crippen LogP contribution in [-0.2, 0) is 4.74 Å². The van der Waals surface area contributed by atoms with Gasteiger partial charge in [0.15, 0.2) is 0 Å². The fraction of sp³-hybridized carbons (Fsp3) is 0.300. The highest BCUT2D eigenvalue weighted by atomic mass is 16.5. The first-order chi connectivity index (χ1) is 6.60. The molecule has 0 atom stereocenters. The van der Waals surface area contributed by atoms with Crippen LogP contribution in [0, 0.1) is 6.92 Å². The first-order valence-electron chi connectivity index (χ1n) is 4.12. The van der Waals surface area contributed by atoms with Gasteiger partial charge in [-0.1, -0.05) is 0 Å². The van der Waals surface area contributed by atoms with Crippen LogP contribution in [0.2, 0.25) is 0 Å². The summed E-state index contributed by atoms with van der Waals surface area (Å²) in [5.74, 6) is 0.195. The van der Waals surface area contributed by atoms with Crippen molar-refractivity contribution in [3.8, 4) is 5.75 Å². The minimum atomic E-state index is -0.401. The average molecular weight is 195 g/mol. The minimum absolute atomic E-state index is 0.401. The van der Waals surface area contributed by atoms with Gasteiger partial charge >= 0.3 is 5.97 Å². The van der Waals surface area contributed by atoms with Gasteiger partial charge in [0.1, 0.15) is 5.75 Å². The zero-order chi connectivity index (χ0) is 10.7. The van der Waals surface area contributed by atoms with E-state index in [1.165, 1.54) is 20.3 Å². The number of benzene rings is 1. The van der Waals surface area contributed by atoms with Crippen molar-refractivity contribution < 1.29 is 14.3 Å². The second-order valence-corrected chi connectivity index (χ2v) is 2.91. The third-order valence-corrected chi connectivity index (χ3v) is 1.93. The van der Waals surface area contributed by atoms with E-state index >= 15 is 0 Å². The average Bonchev–Trinajstić information content (AvgIpc) is 2.16. The number of carbonyl (C=O) groups excluding carboxylic acids is 1. The van der Waals surface area contributed by atoms with Crippen LogP contribution in [0.15, 0.2) is 12.1 Å². The Morgan fingerprint density at radius 1 is 1.36 bits per heavy atom. The first kappa shape index (κ1) is 10.4. The molecule has 1 aromatic carbocycles. The molecule has 2 N–H and O–H groups in total. The highest BCUT2D eigenvalue weighted by Gasteiger charge is 2.11. The summed E-state index contributed by atoms with van der Waals surface area (Å²) in [5, 5.41) is 0. The molecule has 4 nitrogen and oxygen atoms in total. The van der Waals surface area contributed by atoms with E-state index in [-0.39, 0.29) is 0 Å². The van der Waals surface area contributed by atoms with Crippen molar-refractivity contribution in [3.63, 3.8) is 0 Å². The SMILES string of the molecule is COC(=O)c1cc(C)c(OC)c(N)c1. The summed E-state index contributed by atoms with van der Waals surface area (Å²) in [7, 11) is 2.87. The summed E-state index contributed by atoms with van der Waals surface area (Å²) < 4.78 is 9.65. The molecule has 0 heterocycles. The van der Waals surface area contributed by atoms with Crippen LogP contribution < -0.4 is 10.5 Å². The molecule has 0 aliphatic heterocycles. The van der Waals surface area contributed by atoms with Crippen LogP contribution in [0.4, 0.5) is 5.69 Å². The highest BCUT2D eigenvalue weighted by Crippen LogP contribution is 2.27. The molecule has 0 fully saturated rings. The van der Waals surface area contributed by atoms with Crippen LogP contribution >= 0.6 is 0 Å². The predicted molar refractivity (Wildman–Crippen MR) is 53.5 cm³/mol. The lowest BCUT2D eigenvalue weighted by molar-refractivity contribution is 0.0600. The smallest absolute Gasteiger partial charge is 0.337 e. The topological polar surface area (TPSA) is 61.5 Å². The molecular weight excluding hydrogens is 182 g/mol. The molecule has 0 spiro atoms. The van der Waals surface area contributed by atoms with Gasteiger partial charge in [0.2, 0.25) is 0 Å². The van der Waals surface area contributed by atoms with E-state index in [1.807, 2.05) is 6.92 Å². The minimum Gasteiger partial charge on any atom is -0.494 e. The zero-order valence-corrected chi connectivity index (χ0v) is 8.46. The van der Waals surface area contributed by atoms with E-state index < -0.39 is 5.97 Å². The van der Waals surface area contributed by atoms with Gasteiger partial charge in [0.05, 0.1) is 25.5 Å². The Morgan fingerprint density at radius 3 is 2.43 bits per heavy atom. The third kappa shape index (κ3) is 1.79. The lowest BCUT2D eigenvalue weighted by Gasteiger charge is -2.09. The van der Waals surface area contributed by atoms with Gasteiger partial charge in [0, 0.05) is 0 Å². The molecule has 0 unspecified atom stereocenters. The van der Waals surface area contributed by atoms with Crippen molar-refractivity contribution in [1.29, 1.82) is 0 Å². The van der Waals surface area contributed by atoms with Crippen LogP contribution in [-0.4, -0.2) is 20.2 Å². The molecular formula is C10H13NO3. The van der Waals surface area contributed by atoms with E-state index in [0.29, 0.717) is 17.0 Å². The maximum absolute atomic E-state index is 11.2. The number of hydrogen-bond acceptors (Lipinski definition) is 4. The number of nitrogen functional groups attached to an aromatic ring is 1. The Labute approximate surface area is 82.6 Å². The number of rotatable bonds is 2. The standard InChI is InChI=1S/C10H13NO3/c1-6-4-7(10(12)14-3)5-8(11)9(6)13-2/h4-5H,11H2,1-3H3. The molecule has 76 valence electrons. The normalized spacial score (nSPS) is 9.64. The number of nitrogens with two attached hydrogens (primary N) is 1. The Balaban J connectivity index is 3.20. The largest absolute Gasteiger partial charge is 0.494 e. The molecule has 0 aliphatic carbocycles. The van der Waals surface area contributed by atoms with E-state index in [2.05, 4.69) is 4.74 Å². The summed E-state index contributed by atoms with van der Waals surface area (Å²) >= 11 is 0. The van der Waals surface area contributed by atoms with Crippen molar-refractivity contribution in [1.82, 2.24) is 0 Å². The van der Waals surface area contributed by atoms with Crippen LogP contribution in [0.25, 0.3) is 0 Å². The number of anilines is 1. The van der Waals surface area contributed by atoms with Crippen molar-refractivity contribution >= 4 is 11.7 Å². The molecule has 0 saturated carbocycles. The van der Waals surface area contributed by atoms with E-state index in [1.54, 1.807) is 6.07 Å². The van der Waals surface area contributed by atoms with Gasteiger partial charge in [0.25, 0.3) is 0 Å². The van der Waals surface area contributed by atoms with Gasteiger partial charge in [-0.25, -0.2) is 4.79 Å². The number of methoxy groups -OCH3 is 2. The summed E-state index contributed by atoms with van der Waals surface area (Å²) in [4.78, 5) is 11.2. The monoisotopic (exact) mass is 195 g/mol. The molecule has 1 rings (SSSR count). The van der Waals surface area contributed by atoms with Gasteiger partial charge < -0.3 is 15.2 Å². The van der Waals surface area contributed by atoms with Gasteiger partial charge in [-0.05, 0) is 24.6 Å². The highest BCUT2D eigenvalue weighted by molar-refractivity contribution is 5.91. The molecule has 4 heteroatoms. The maximum atomic E-state index is 11.2. The fourth-order valence-corrected chi connectivity index (χ4v) is 1.32. The van der Waals surface area contributed by atoms with Crippen LogP contribution in [0.1, 0.15) is 15.9 Å². The molecule has 0 saturated heterocycles. The quantitative estimate of drug-likeness (QED) is 0.572. The first-order valence-corrected chi connectivity index (χ1v) is 4.12. The molecule has 0 amide bonds. The Bertz CT molecular complexity index is 337. The summed E-state index contributed by atoms with van der Waals surface area (Å²) in [6.07, 6.45) is 0. The Morgan fingerprint density at radius 2 is 2.00 bits per heavy atom. The van der Waals surface area contributed by atoms with Crippen molar-refractivity contribution in [2.24, 2.45) is 0 Å². The third-order valence-electron chi connectivity index (χ3n) is 1.93. The second-order valence-electron chi connectivity index (χ2n) is 2.91. The lowest BCUT2D eigenvalue weighted by atomic mass is 10.1. The van der Waals surface area contributed by atoms with Crippen molar-refractivity contribution in [2.45, 2.75) is 6.92 Å². The van der Waals surface area contributed by atoms with Gasteiger partial charge in [-0.2, -0.15) is 0 Å². The number of hydrogen-bond donors (Lipinski definition) is 1. The molecule has 0 radical (unpaired) electrons. The maximum Gasteiger partial charge on any atom is 0.337 e. The van der Waals surface area contributed by atoms with Gasteiger partial charge in [-0.3, -0.25) is 0 Å². The van der Waals surface area contributed by atoms with Crippen molar-refractivity contribution in [3.05, 3.63) is 23.3 Å². The number of aryl methyl sites for hydroxylation is 1. The molecule has 1 aromatic rings. The van der Waals surface area contributed by atoms with E-state index in [0.717, 1.165) is 5.56 Å². The number of ether oxygens (including phenoxy) is 2. The predicted octanol–water partition coefficient (Wildman–Crippen LogP) is 1.37. The van der Waals surface area contributed by atoms with Crippen LogP contribution in [0.3, 0.4) is 0 Å². The van der Waals surface area contributed by atoms with Gasteiger partial charge in [-0.15, -0.1) is 0 Å². The second kappa shape index (κ2) is 4.00. The van der Waals surface area contributed by atoms with Crippen LogP contribution in [0.5, 0.6) is 5.75 Å². The fourth-order valence-electron chi connectivity index (χ4n) is 1.32. The summed E-state index contributed by atoms with van der Waals surface area (Å²) in [6, 6.07) is 3.22. The summed E-state index contributed by atoms with van der Waals surface area (Å²) in [5.41, 5.74) is 7.38. The number of esters is 1. The molecule has 0 bridgehead atoms. The number of carbonyl (C=O) groups is 1. The van der Waals surface area contributed by atoms with E-state index in [4.69, 9.17) is 10.5 Å². The lowest BCUT2D eigenvalue weighted by Crippen LogP contribution is -2.04. The Kier molecular flexibility index (Phi) is 2.96. The molecule has 0 aliphatic rings. The molecule has 0 aromatic heterocycles. The zero-order valence-electron chi connectivity index (χ0n) is 8.46. The molecule has 14 heavy (non-hydrogen) atoms. The Hall–Kier alpha value is -1.71. The van der Waals surface area contributed by atoms with E-state index in [9.17, 15) is 4.79 Å². The summed E-state index contributed by atoms with van der Waals surface area (Å²) in [6.45, 7) is 1.82.